The third-order valence-electron chi connectivity index (χ3n) is 5.62. The zero-order valence-corrected chi connectivity index (χ0v) is 20.6. The summed E-state index contributed by atoms with van der Waals surface area (Å²) < 4.78 is 38.1. The van der Waals surface area contributed by atoms with Gasteiger partial charge in [-0.2, -0.15) is 0 Å². The van der Waals surface area contributed by atoms with Gasteiger partial charge in [-0.1, -0.05) is 29.3 Å². The SMILES string of the molecule is CCOC1(C(=O)O)CN(C(N)=O)CCC1S(=O)(=O)c1ccc(OCc2ccc(Cl)cc2Cl)cc1. The lowest BCUT2D eigenvalue weighted by molar-refractivity contribution is -0.170. The van der Waals surface area contributed by atoms with Crippen molar-refractivity contribution in [3.05, 3.63) is 58.1 Å². The standard InChI is InChI=1S/C22H24Cl2N2O7S/c1-2-33-22(20(27)28)13-26(21(25)29)10-9-19(22)34(30,31)17-7-5-16(6-8-17)32-12-14-3-4-15(23)11-18(14)24/h3-8,11,19H,2,9-10,12-13H2,1H3,(H2,25,29)(H,27,28). The first-order valence-corrected chi connectivity index (χ1v) is 12.6. The van der Waals surface area contributed by atoms with E-state index >= 15 is 0 Å². The van der Waals surface area contributed by atoms with Crippen LogP contribution in [0.5, 0.6) is 5.75 Å². The van der Waals surface area contributed by atoms with Gasteiger partial charge in [-0.3, -0.25) is 0 Å². The molecular weight excluding hydrogens is 507 g/mol. The fourth-order valence-corrected chi connectivity index (χ4v) is 6.38. The summed E-state index contributed by atoms with van der Waals surface area (Å²) in [5, 5.41) is 9.47. The molecule has 0 spiro atoms. The van der Waals surface area contributed by atoms with Crippen LogP contribution < -0.4 is 10.5 Å². The van der Waals surface area contributed by atoms with Gasteiger partial charge in [0.2, 0.25) is 0 Å². The van der Waals surface area contributed by atoms with Crippen LogP contribution in [-0.2, 0) is 26.0 Å². The van der Waals surface area contributed by atoms with Crippen molar-refractivity contribution >= 4 is 45.0 Å². The van der Waals surface area contributed by atoms with Crippen molar-refractivity contribution in [3.8, 4) is 5.75 Å². The van der Waals surface area contributed by atoms with E-state index in [1.165, 1.54) is 24.3 Å². The smallest absolute Gasteiger partial charge is 0.339 e. The molecule has 2 amide bonds. The van der Waals surface area contributed by atoms with Crippen LogP contribution >= 0.6 is 23.2 Å². The molecule has 3 rings (SSSR count). The zero-order valence-electron chi connectivity index (χ0n) is 18.2. The minimum absolute atomic E-state index is 0.00954. The Bertz CT molecular complexity index is 1170. The van der Waals surface area contributed by atoms with E-state index < -0.39 is 39.2 Å². The highest BCUT2D eigenvalue weighted by Gasteiger charge is 2.57. The number of piperidine rings is 1. The summed E-state index contributed by atoms with van der Waals surface area (Å²) in [5.74, 6) is -1.09. The molecule has 1 aliphatic heterocycles. The summed E-state index contributed by atoms with van der Waals surface area (Å²) >= 11 is 12.0. The van der Waals surface area contributed by atoms with Crippen molar-refractivity contribution in [1.29, 1.82) is 0 Å². The van der Waals surface area contributed by atoms with E-state index in [0.29, 0.717) is 21.4 Å². The van der Waals surface area contributed by atoms with Crippen LogP contribution in [0, 0.1) is 0 Å². The highest BCUT2D eigenvalue weighted by atomic mass is 35.5. The van der Waals surface area contributed by atoms with Gasteiger partial charge in [0.15, 0.2) is 15.4 Å². The van der Waals surface area contributed by atoms with Crippen LogP contribution in [0.1, 0.15) is 18.9 Å². The molecular formula is C22H24Cl2N2O7S. The van der Waals surface area contributed by atoms with Crippen molar-refractivity contribution in [1.82, 2.24) is 4.90 Å². The van der Waals surface area contributed by atoms with E-state index in [-0.39, 0.29) is 31.1 Å². The maximum Gasteiger partial charge on any atom is 0.339 e. The average Bonchev–Trinajstić information content (AvgIpc) is 2.78. The number of rotatable bonds is 8. The minimum atomic E-state index is -4.16. The minimum Gasteiger partial charge on any atom is -0.489 e. The average molecular weight is 531 g/mol. The lowest BCUT2D eigenvalue weighted by Gasteiger charge is -2.43. The number of carbonyl (C=O) groups excluding carboxylic acids is 1. The Hall–Kier alpha value is -2.53. The van der Waals surface area contributed by atoms with Crippen LogP contribution in [0.3, 0.4) is 0 Å². The van der Waals surface area contributed by atoms with Crippen molar-refractivity contribution in [2.75, 3.05) is 19.7 Å². The highest BCUT2D eigenvalue weighted by Crippen LogP contribution is 2.35. The lowest BCUT2D eigenvalue weighted by atomic mass is 9.92. The number of sulfone groups is 1. The molecule has 2 aromatic rings. The third-order valence-corrected chi connectivity index (χ3v) is 8.50. The maximum atomic E-state index is 13.5. The molecule has 0 aliphatic carbocycles. The number of ether oxygens (including phenoxy) is 2. The largest absolute Gasteiger partial charge is 0.489 e. The second-order valence-corrected chi connectivity index (χ2v) is 10.7. The maximum absolute atomic E-state index is 13.5. The molecule has 184 valence electrons. The van der Waals surface area contributed by atoms with Crippen molar-refractivity contribution < 1.29 is 32.6 Å². The second kappa shape index (κ2) is 10.4. The Morgan fingerprint density at radius 1 is 1.21 bits per heavy atom. The number of carboxylic acids is 1. The van der Waals surface area contributed by atoms with E-state index in [0.717, 1.165) is 4.90 Å². The number of nitrogens with two attached hydrogens (primary N) is 1. The predicted molar refractivity (Wildman–Crippen MR) is 126 cm³/mol. The lowest BCUT2D eigenvalue weighted by Crippen LogP contribution is -2.66. The number of hydrogen-bond donors (Lipinski definition) is 2. The molecule has 3 N–H and O–H groups in total. The molecule has 12 heteroatoms. The first kappa shape index (κ1) is 26.1. The van der Waals surface area contributed by atoms with E-state index in [4.69, 9.17) is 38.4 Å². The number of carboxylic acid groups (broad SMARTS) is 1. The topological polar surface area (TPSA) is 136 Å². The molecule has 34 heavy (non-hydrogen) atoms. The molecule has 9 nitrogen and oxygen atoms in total. The molecule has 0 aromatic heterocycles. The van der Waals surface area contributed by atoms with Crippen molar-refractivity contribution in [2.24, 2.45) is 5.73 Å². The Kier molecular flexibility index (Phi) is 7.97. The van der Waals surface area contributed by atoms with Gasteiger partial charge in [-0.25, -0.2) is 18.0 Å². The molecule has 0 saturated carbocycles. The van der Waals surface area contributed by atoms with Gasteiger partial charge in [-0.05, 0) is 49.7 Å². The van der Waals surface area contributed by atoms with Crippen LogP contribution in [0.4, 0.5) is 4.79 Å². The van der Waals surface area contributed by atoms with Crippen LogP contribution in [0.2, 0.25) is 10.0 Å². The fraction of sp³-hybridized carbons (Fsp3) is 0.364. The number of carbonyl (C=O) groups is 2. The molecule has 1 saturated heterocycles. The summed E-state index contributed by atoms with van der Waals surface area (Å²) in [5.41, 5.74) is 3.86. The van der Waals surface area contributed by atoms with Crippen molar-refractivity contribution in [3.63, 3.8) is 0 Å². The van der Waals surface area contributed by atoms with E-state index in [9.17, 15) is 23.1 Å². The molecule has 2 atom stereocenters. The summed E-state index contributed by atoms with van der Waals surface area (Å²) in [6.07, 6.45) is -0.148. The number of aliphatic carboxylic acids is 1. The summed E-state index contributed by atoms with van der Waals surface area (Å²) in [4.78, 5) is 24.9. The van der Waals surface area contributed by atoms with Gasteiger partial charge >= 0.3 is 12.0 Å². The van der Waals surface area contributed by atoms with Gasteiger partial charge < -0.3 is 25.2 Å². The Balaban J connectivity index is 1.84. The Morgan fingerprint density at radius 2 is 1.88 bits per heavy atom. The number of halogens is 2. The van der Waals surface area contributed by atoms with Gasteiger partial charge in [0.1, 0.15) is 17.6 Å². The third kappa shape index (κ3) is 5.25. The van der Waals surface area contributed by atoms with Gasteiger partial charge in [0.05, 0.1) is 11.4 Å². The van der Waals surface area contributed by atoms with E-state index in [1.54, 1.807) is 25.1 Å². The first-order chi connectivity index (χ1) is 16.0. The molecule has 1 aliphatic rings. The highest BCUT2D eigenvalue weighted by molar-refractivity contribution is 7.92. The molecule has 1 heterocycles. The molecule has 1 fully saturated rings. The number of nitrogens with zero attached hydrogens (tertiary/aromatic N) is 1. The zero-order chi connectivity index (χ0) is 25.1. The van der Waals surface area contributed by atoms with Crippen LogP contribution in [0.15, 0.2) is 47.4 Å². The number of hydrogen-bond acceptors (Lipinski definition) is 6. The summed E-state index contributed by atoms with van der Waals surface area (Å²) in [6, 6.07) is 9.77. The summed E-state index contributed by atoms with van der Waals surface area (Å²) in [7, 11) is -4.16. The normalized spacial score (nSPS) is 20.7. The quantitative estimate of drug-likeness (QED) is 0.533. The first-order valence-electron chi connectivity index (χ1n) is 10.3. The number of amides is 2. The Labute approximate surface area is 207 Å². The molecule has 0 radical (unpaired) electrons. The predicted octanol–water partition coefficient (Wildman–Crippen LogP) is 3.36. The van der Waals surface area contributed by atoms with Gasteiger partial charge in [0, 0.05) is 28.8 Å². The second-order valence-electron chi connectivity index (χ2n) is 7.71. The van der Waals surface area contributed by atoms with Crippen LogP contribution in [-0.4, -0.2) is 61.0 Å². The molecule has 0 bridgehead atoms. The Morgan fingerprint density at radius 3 is 2.44 bits per heavy atom. The number of urea groups is 1. The monoisotopic (exact) mass is 530 g/mol. The fourth-order valence-electron chi connectivity index (χ4n) is 3.92. The van der Waals surface area contributed by atoms with Gasteiger partial charge in [0.25, 0.3) is 0 Å². The number of benzene rings is 2. The van der Waals surface area contributed by atoms with Gasteiger partial charge in [-0.15, -0.1) is 0 Å². The number of primary amides is 1. The summed E-state index contributed by atoms with van der Waals surface area (Å²) in [6.45, 7) is 1.14. The molecule has 2 aromatic carbocycles. The van der Waals surface area contributed by atoms with Crippen molar-refractivity contribution in [2.45, 2.75) is 35.7 Å². The van der Waals surface area contributed by atoms with E-state index in [2.05, 4.69) is 0 Å². The van der Waals surface area contributed by atoms with Crippen LogP contribution in [0.25, 0.3) is 0 Å². The van der Waals surface area contributed by atoms with E-state index in [1.807, 2.05) is 0 Å². The molecule has 2 unspecified atom stereocenters. The number of likely N-dealkylation sites (tertiary alicyclic amines) is 1.